The summed E-state index contributed by atoms with van der Waals surface area (Å²) in [7, 11) is 0. The van der Waals surface area contributed by atoms with E-state index in [9.17, 15) is 0 Å². The van der Waals surface area contributed by atoms with Crippen molar-refractivity contribution < 1.29 is 0 Å². The van der Waals surface area contributed by atoms with Gasteiger partial charge in [-0.2, -0.15) is 0 Å². The lowest BCUT2D eigenvalue weighted by Crippen LogP contribution is -2.41. The molecule has 1 aromatic heterocycles. The van der Waals surface area contributed by atoms with E-state index in [-0.39, 0.29) is 0 Å². The molecule has 3 atom stereocenters. The summed E-state index contributed by atoms with van der Waals surface area (Å²) >= 11 is 3.46. The summed E-state index contributed by atoms with van der Waals surface area (Å²) in [5.41, 5.74) is 1.23. The van der Waals surface area contributed by atoms with Gasteiger partial charge in [-0.05, 0) is 72.1 Å². The number of aromatic nitrogens is 1. The molecule has 1 N–H and O–H groups in total. The van der Waals surface area contributed by atoms with E-state index in [0.717, 1.165) is 29.3 Å². The quantitative estimate of drug-likeness (QED) is 0.820. The first-order valence-corrected chi connectivity index (χ1v) is 8.86. The van der Waals surface area contributed by atoms with Crippen molar-refractivity contribution in [3.63, 3.8) is 0 Å². The van der Waals surface area contributed by atoms with Crippen LogP contribution in [0.5, 0.6) is 0 Å². The minimum absolute atomic E-state index is 0.679. The molecule has 0 aliphatic heterocycles. The zero-order valence-corrected chi connectivity index (χ0v) is 14.3. The van der Waals surface area contributed by atoms with Gasteiger partial charge in [-0.1, -0.05) is 26.7 Å². The minimum atomic E-state index is 0.679. The molecular weight excluding hydrogens is 312 g/mol. The molecule has 1 saturated carbocycles. The molecule has 2 nitrogen and oxygen atoms in total. The van der Waals surface area contributed by atoms with Gasteiger partial charge < -0.3 is 5.32 Å². The molecular formula is C17H27BrN2. The first-order chi connectivity index (χ1) is 9.72. The molecule has 0 spiro atoms. The van der Waals surface area contributed by atoms with E-state index >= 15 is 0 Å². The zero-order valence-electron chi connectivity index (χ0n) is 12.7. The number of hydrogen-bond donors (Lipinski definition) is 1. The van der Waals surface area contributed by atoms with E-state index < -0.39 is 0 Å². The molecule has 3 heteroatoms. The summed E-state index contributed by atoms with van der Waals surface area (Å²) < 4.78 is 1.07. The molecule has 1 heterocycles. The van der Waals surface area contributed by atoms with Gasteiger partial charge in [0.25, 0.3) is 0 Å². The molecule has 20 heavy (non-hydrogen) atoms. The monoisotopic (exact) mass is 338 g/mol. The van der Waals surface area contributed by atoms with E-state index in [1.165, 1.54) is 37.8 Å². The van der Waals surface area contributed by atoms with Gasteiger partial charge in [0.1, 0.15) is 0 Å². The van der Waals surface area contributed by atoms with Gasteiger partial charge >= 0.3 is 0 Å². The molecule has 0 amide bonds. The van der Waals surface area contributed by atoms with E-state index in [2.05, 4.69) is 52.2 Å². The Labute approximate surface area is 131 Å². The average molecular weight is 339 g/mol. The Morgan fingerprint density at radius 2 is 2.15 bits per heavy atom. The van der Waals surface area contributed by atoms with Crippen molar-refractivity contribution in [2.24, 2.45) is 11.8 Å². The topological polar surface area (TPSA) is 24.9 Å². The Balaban J connectivity index is 2.00. The van der Waals surface area contributed by atoms with Crippen molar-refractivity contribution in [1.29, 1.82) is 0 Å². The highest BCUT2D eigenvalue weighted by atomic mass is 79.9. The number of hydrogen-bond acceptors (Lipinski definition) is 2. The van der Waals surface area contributed by atoms with Gasteiger partial charge in [0.05, 0.1) is 0 Å². The fraction of sp³-hybridized carbons (Fsp3) is 0.706. The first kappa shape index (κ1) is 16.0. The lowest BCUT2D eigenvalue weighted by Gasteiger charge is -2.36. The van der Waals surface area contributed by atoms with Crippen LogP contribution >= 0.6 is 15.9 Å². The van der Waals surface area contributed by atoms with Crippen molar-refractivity contribution in [2.75, 3.05) is 6.54 Å². The molecule has 1 aliphatic rings. The average Bonchev–Trinajstić information content (AvgIpc) is 2.45. The highest BCUT2D eigenvalue weighted by Crippen LogP contribution is 2.34. The van der Waals surface area contributed by atoms with Crippen LogP contribution in [0.15, 0.2) is 22.8 Å². The molecule has 1 aliphatic carbocycles. The number of pyridine rings is 1. The predicted octanol–water partition coefficient (Wildman–Crippen LogP) is 4.58. The second kappa shape index (κ2) is 8.14. The third kappa shape index (κ3) is 4.56. The van der Waals surface area contributed by atoms with Gasteiger partial charge in [0, 0.05) is 22.4 Å². The molecule has 2 rings (SSSR count). The maximum absolute atomic E-state index is 4.56. The Bertz CT molecular complexity index is 390. The van der Waals surface area contributed by atoms with Crippen LogP contribution in [0.4, 0.5) is 0 Å². The van der Waals surface area contributed by atoms with E-state index in [4.69, 9.17) is 0 Å². The van der Waals surface area contributed by atoms with Crippen molar-refractivity contribution in [3.05, 3.63) is 28.5 Å². The highest BCUT2D eigenvalue weighted by molar-refractivity contribution is 9.10. The Kier molecular flexibility index (Phi) is 6.50. The molecule has 112 valence electrons. The fourth-order valence-electron chi connectivity index (χ4n) is 3.58. The second-order valence-corrected chi connectivity index (χ2v) is 6.98. The fourth-order valence-corrected chi connectivity index (χ4v) is 3.82. The maximum atomic E-state index is 4.56. The summed E-state index contributed by atoms with van der Waals surface area (Å²) in [6.45, 7) is 5.60. The lowest BCUT2D eigenvalue weighted by atomic mass is 9.74. The Hall–Kier alpha value is -0.410. The summed E-state index contributed by atoms with van der Waals surface area (Å²) in [6.07, 6.45) is 9.84. The molecule has 1 aromatic rings. The summed E-state index contributed by atoms with van der Waals surface area (Å²) in [4.78, 5) is 4.56. The highest BCUT2D eigenvalue weighted by Gasteiger charge is 2.29. The standard InChI is InChI=1S/C17H27BrN2/c1-3-5-13-6-9-17(19-4-2)14(10-13)11-16-8-7-15(18)12-20-16/h7-8,12-14,17,19H,3-6,9-11H2,1-2H3. The number of nitrogens with zero attached hydrogens (tertiary/aromatic N) is 1. The first-order valence-electron chi connectivity index (χ1n) is 8.06. The molecule has 1 fully saturated rings. The van der Waals surface area contributed by atoms with Crippen LogP contribution in [0.25, 0.3) is 0 Å². The minimum Gasteiger partial charge on any atom is -0.314 e. The van der Waals surface area contributed by atoms with Gasteiger partial charge in [-0.25, -0.2) is 0 Å². The van der Waals surface area contributed by atoms with E-state index in [1.807, 2.05) is 6.20 Å². The van der Waals surface area contributed by atoms with Crippen LogP contribution in [0, 0.1) is 11.8 Å². The van der Waals surface area contributed by atoms with Crippen molar-refractivity contribution in [1.82, 2.24) is 10.3 Å². The van der Waals surface area contributed by atoms with Crippen molar-refractivity contribution in [2.45, 2.75) is 58.4 Å². The second-order valence-electron chi connectivity index (χ2n) is 6.06. The van der Waals surface area contributed by atoms with Crippen LogP contribution < -0.4 is 5.32 Å². The summed E-state index contributed by atoms with van der Waals surface area (Å²) in [6, 6.07) is 4.95. The molecule has 0 saturated heterocycles. The van der Waals surface area contributed by atoms with E-state index in [1.54, 1.807) is 0 Å². The Morgan fingerprint density at radius 3 is 2.80 bits per heavy atom. The third-order valence-electron chi connectivity index (χ3n) is 4.51. The number of rotatable bonds is 6. The molecule has 0 bridgehead atoms. The largest absolute Gasteiger partial charge is 0.314 e. The van der Waals surface area contributed by atoms with Crippen LogP contribution in [0.2, 0.25) is 0 Å². The van der Waals surface area contributed by atoms with Gasteiger partial charge in [-0.3, -0.25) is 4.98 Å². The molecule has 3 unspecified atom stereocenters. The van der Waals surface area contributed by atoms with Crippen LogP contribution in [0.3, 0.4) is 0 Å². The van der Waals surface area contributed by atoms with E-state index in [0.29, 0.717) is 6.04 Å². The van der Waals surface area contributed by atoms with Gasteiger partial charge in [0.15, 0.2) is 0 Å². The summed E-state index contributed by atoms with van der Waals surface area (Å²) in [5, 5.41) is 3.69. The van der Waals surface area contributed by atoms with Gasteiger partial charge in [0.2, 0.25) is 0 Å². The molecule has 0 radical (unpaired) electrons. The lowest BCUT2D eigenvalue weighted by molar-refractivity contribution is 0.194. The van der Waals surface area contributed by atoms with Crippen molar-refractivity contribution >= 4 is 15.9 Å². The van der Waals surface area contributed by atoms with Crippen LogP contribution in [-0.2, 0) is 6.42 Å². The van der Waals surface area contributed by atoms with Gasteiger partial charge in [-0.15, -0.1) is 0 Å². The van der Waals surface area contributed by atoms with Crippen LogP contribution in [0.1, 0.15) is 51.6 Å². The number of halogens is 1. The predicted molar refractivity (Wildman–Crippen MR) is 88.8 cm³/mol. The maximum Gasteiger partial charge on any atom is 0.0413 e. The van der Waals surface area contributed by atoms with Crippen molar-refractivity contribution in [3.8, 4) is 0 Å². The smallest absolute Gasteiger partial charge is 0.0413 e. The van der Waals surface area contributed by atoms with Crippen LogP contribution in [-0.4, -0.2) is 17.6 Å². The third-order valence-corrected chi connectivity index (χ3v) is 4.98. The molecule has 0 aromatic carbocycles. The summed E-state index contributed by atoms with van der Waals surface area (Å²) in [5.74, 6) is 1.67. The SMILES string of the molecule is CCCC1CCC(NCC)C(Cc2ccc(Br)cn2)C1. The number of nitrogens with one attached hydrogen (secondary N) is 1. The Morgan fingerprint density at radius 1 is 1.30 bits per heavy atom. The zero-order chi connectivity index (χ0) is 14.4. The normalized spacial score (nSPS) is 26.6.